The monoisotopic (exact) mass is 599 g/mol. The summed E-state index contributed by atoms with van der Waals surface area (Å²) in [7, 11) is -3.89. The molecule has 0 atom stereocenters. The molecule has 0 radical (unpaired) electrons. The number of para-hydroxylation sites is 1. The number of nitrogens with zero attached hydrogens (tertiary/aromatic N) is 3. The lowest BCUT2D eigenvalue weighted by Gasteiger charge is -2.07. The number of aromatic nitrogens is 2. The van der Waals surface area contributed by atoms with Crippen LogP contribution in [0, 0.1) is 0 Å². The summed E-state index contributed by atoms with van der Waals surface area (Å²) in [6, 6.07) is 32.7. The molecule has 0 saturated carbocycles. The van der Waals surface area contributed by atoms with E-state index < -0.39 is 22.5 Å². The summed E-state index contributed by atoms with van der Waals surface area (Å²) < 4.78 is 34.7. The van der Waals surface area contributed by atoms with Crippen molar-refractivity contribution in [2.24, 2.45) is 5.10 Å². The average Bonchev–Trinajstić information content (AvgIpc) is 3.45. The van der Waals surface area contributed by atoms with E-state index in [-0.39, 0.29) is 4.90 Å². The predicted octanol–water partition coefficient (Wildman–Crippen LogP) is 5.20. The molecule has 42 heavy (non-hydrogen) atoms. The minimum absolute atomic E-state index is 0.00217. The standard InChI is InChI=1S/C31H26ClN5O4S/c32-26-13-17-29(18-14-26)42(39,40)34-20-30(38)35-33-19-25-21-37(27-9-5-2-6-10-27)36-31(25)24-11-15-28(16-12-24)41-22-23-7-3-1-4-8-23/h1-19,21,34H,20,22H2,(H,35,38)/b33-19-. The Hall–Kier alpha value is -4.77. The van der Waals surface area contributed by atoms with Crippen molar-refractivity contribution in [1.82, 2.24) is 19.9 Å². The highest BCUT2D eigenvalue weighted by Crippen LogP contribution is 2.25. The highest BCUT2D eigenvalue weighted by molar-refractivity contribution is 7.89. The second-order valence-corrected chi connectivity index (χ2v) is 11.3. The maximum atomic E-state index is 12.4. The van der Waals surface area contributed by atoms with Crippen LogP contribution < -0.4 is 14.9 Å². The molecule has 0 unspecified atom stereocenters. The second kappa shape index (κ2) is 13.3. The van der Waals surface area contributed by atoms with E-state index in [0.717, 1.165) is 16.8 Å². The highest BCUT2D eigenvalue weighted by atomic mass is 35.5. The fourth-order valence-electron chi connectivity index (χ4n) is 3.94. The molecular weight excluding hydrogens is 574 g/mol. The van der Waals surface area contributed by atoms with Crippen LogP contribution in [0.1, 0.15) is 11.1 Å². The first-order chi connectivity index (χ1) is 20.4. The molecule has 4 aromatic carbocycles. The molecule has 0 saturated heterocycles. The molecule has 0 fully saturated rings. The van der Waals surface area contributed by atoms with Crippen molar-refractivity contribution in [3.05, 3.63) is 132 Å². The first-order valence-electron chi connectivity index (χ1n) is 12.9. The number of hydrogen-bond acceptors (Lipinski definition) is 6. The van der Waals surface area contributed by atoms with Crippen LogP contribution in [0.4, 0.5) is 0 Å². The molecule has 9 nitrogen and oxygen atoms in total. The lowest BCUT2D eigenvalue weighted by Crippen LogP contribution is -2.34. The summed E-state index contributed by atoms with van der Waals surface area (Å²) in [5, 5.41) is 9.20. The first-order valence-corrected chi connectivity index (χ1v) is 14.7. The van der Waals surface area contributed by atoms with Crippen molar-refractivity contribution < 1.29 is 17.9 Å². The maximum Gasteiger partial charge on any atom is 0.255 e. The highest BCUT2D eigenvalue weighted by Gasteiger charge is 2.16. The summed E-state index contributed by atoms with van der Waals surface area (Å²) in [5.74, 6) is 0.0781. The van der Waals surface area contributed by atoms with Crippen LogP contribution >= 0.6 is 11.6 Å². The zero-order chi connectivity index (χ0) is 29.4. The first kappa shape index (κ1) is 28.7. The number of rotatable bonds is 11. The average molecular weight is 600 g/mol. The van der Waals surface area contributed by atoms with E-state index in [4.69, 9.17) is 21.4 Å². The van der Waals surface area contributed by atoms with Crippen LogP contribution in [-0.2, 0) is 21.4 Å². The smallest absolute Gasteiger partial charge is 0.255 e. The van der Waals surface area contributed by atoms with Gasteiger partial charge in [-0.15, -0.1) is 0 Å². The number of benzene rings is 4. The number of amides is 1. The van der Waals surface area contributed by atoms with E-state index >= 15 is 0 Å². The second-order valence-electron chi connectivity index (χ2n) is 9.08. The fourth-order valence-corrected chi connectivity index (χ4v) is 5.05. The van der Waals surface area contributed by atoms with E-state index in [1.54, 1.807) is 10.9 Å². The normalized spacial score (nSPS) is 11.5. The van der Waals surface area contributed by atoms with Gasteiger partial charge in [-0.1, -0.05) is 60.1 Å². The SMILES string of the molecule is O=C(CNS(=O)(=O)c1ccc(Cl)cc1)N/N=C\c1cn(-c2ccccc2)nc1-c1ccc(OCc2ccccc2)cc1. The van der Waals surface area contributed by atoms with Crippen LogP contribution in [0.15, 0.2) is 125 Å². The Labute approximate surface area is 248 Å². The molecule has 2 N–H and O–H groups in total. The van der Waals surface area contributed by atoms with Crippen molar-refractivity contribution in [3.63, 3.8) is 0 Å². The van der Waals surface area contributed by atoms with Gasteiger partial charge in [-0.05, 0) is 66.2 Å². The number of ether oxygens (including phenoxy) is 1. The van der Waals surface area contributed by atoms with Gasteiger partial charge in [-0.2, -0.15) is 10.2 Å². The van der Waals surface area contributed by atoms with Crippen molar-refractivity contribution in [1.29, 1.82) is 0 Å². The van der Waals surface area contributed by atoms with Crippen LogP contribution in [-0.4, -0.2) is 36.9 Å². The molecule has 5 rings (SSSR count). The number of sulfonamides is 1. The van der Waals surface area contributed by atoms with E-state index in [2.05, 4.69) is 15.2 Å². The molecule has 0 aliphatic rings. The molecule has 0 bridgehead atoms. The van der Waals surface area contributed by atoms with Gasteiger partial charge in [-0.3, -0.25) is 4.79 Å². The zero-order valence-corrected chi connectivity index (χ0v) is 23.8. The molecule has 0 spiro atoms. The zero-order valence-electron chi connectivity index (χ0n) is 22.2. The Balaban J connectivity index is 1.28. The Morgan fingerprint density at radius 3 is 2.26 bits per heavy atom. The van der Waals surface area contributed by atoms with Crippen LogP contribution in [0.3, 0.4) is 0 Å². The van der Waals surface area contributed by atoms with Gasteiger partial charge in [0.15, 0.2) is 0 Å². The van der Waals surface area contributed by atoms with Crippen LogP contribution in [0.5, 0.6) is 5.75 Å². The van der Waals surface area contributed by atoms with E-state index in [9.17, 15) is 13.2 Å². The Kier molecular flexibility index (Phi) is 9.08. The minimum atomic E-state index is -3.89. The minimum Gasteiger partial charge on any atom is -0.489 e. The van der Waals surface area contributed by atoms with Gasteiger partial charge in [0.25, 0.3) is 5.91 Å². The number of halogens is 1. The number of hydrazone groups is 1. The number of carbonyl (C=O) groups is 1. The number of carbonyl (C=O) groups excluding carboxylic acids is 1. The van der Waals surface area contributed by atoms with Gasteiger partial charge in [-0.25, -0.2) is 23.2 Å². The third kappa shape index (κ3) is 7.49. The molecule has 212 valence electrons. The van der Waals surface area contributed by atoms with E-state index in [0.29, 0.717) is 28.6 Å². The van der Waals surface area contributed by atoms with Crippen molar-refractivity contribution in [3.8, 4) is 22.7 Å². The molecular formula is C31H26ClN5O4S. The van der Waals surface area contributed by atoms with Crippen molar-refractivity contribution in [2.45, 2.75) is 11.5 Å². The lowest BCUT2D eigenvalue weighted by atomic mass is 10.1. The largest absolute Gasteiger partial charge is 0.489 e. The fraction of sp³-hybridized carbons (Fsp3) is 0.0645. The third-order valence-electron chi connectivity index (χ3n) is 6.08. The quantitative estimate of drug-likeness (QED) is 0.160. The topological polar surface area (TPSA) is 115 Å². The summed E-state index contributed by atoms with van der Waals surface area (Å²) >= 11 is 5.82. The van der Waals surface area contributed by atoms with Gasteiger partial charge in [0.05, 0.1) is 23.3 Å². The van der Waals surface area contributed by atoms with Gasteiger partial charge in [0.2, 0.25) is 10.0 Å². The van der Waals surface area contributed by atoms with Crippen molar-refractivity contribution in [2.75, 3.05) is 6.54 Å². The van der Waals surface area contributed by atoms with Gasteiger partial charge >= 0.3 is 0 Å². The van der Waals surface area contributed by atoms with Gasteiger partial charge in [0, 0.05) is 22.3 Å². The van der Waals surface area contributed by atoms with Crippen molar-refractivity contribution >= 4 is 33.7 Å². The van der Waals surface area contributed by atoms with Crippen LogP contribution in [0.25, 0.3) is 16.9 Å². The maximum absolute atomic E-state index is 12.4. The van der Waals surface area contributed by atoms with E-state index in [1.807, 2.05) is 84.9 Å². The lowest BCUT2D eigenvalue weighted by molar-refractivity contribution is -0.119. The Morgan fingerprint density at radius 1 is 0.905 bits per heavy atom. The molecule has 0 aliphatic heterocycles. The summed E-state index contributed by atoms with van der Waals surface area (Å²) in [6.45, 7) is -0.0425. The molecule has 1 amide bonds. The summed E-state index contributed by atoms with van der Waals surface area (Å²) in [4.78, 5) is 12.3. The summed E-state index contributed by atoms with van der Waals surface area (Å²) in [5.41, 5.74) is 6.37. The van der Waals surface area contributed by atoms with Gasteiger partial charge in [0.1, 0.15) is 18.1 Å². The molecule has 0 aliphatic carbocycles. The molecule has 1 aromatic heterocycles. The predicted molar refractivity (Wildman–Crippen MR) is 162 cm³/mol. The van der Waals surface area contributed by atoms with Gasteiger partial charge < -0.3 is 4.74 Å². The molecule has 5 aromatic rings. The van der Waals surface area contributed by atoms with Crippen LogP contribution in [0.2, 0.25) is 5.02 Å². The Bertz CT molecular complexity index is 1780. The Morgan fingerprint density at radius 2 is 1.57 bits per heavy atom. The number of nitrogens with one attached hydrogen (secondary N) is 2. The summed E-state index contributed by atoms with van der Waals surface area (Å²) in [6.07, 6.45) is 3.26. The molecule has 1 heterocycles. The number of hydrogen-bond donors (Lipinski definition) is 2. The third-order valence-corrected chi connectivity index (χ3v) is 7.75. The molecule has 11 heteroatoms. The van der Waals surface area contributed by atoms with E-state index in [1.165, 1.54) is 30.5 Å².